The number of aryl methyl sites for hydroxylation is 1. The molecule has 0 radical (unpaired) electrons. The van der Waals surface area contributed by atoms with Crippen LogP contribution < -0.4 is 21.1 Å². The Bertz CT molecular complexity index is 997. The summed E-state index contributed by atoms with van der Waals surface area (Å²) in [7, 11) is 2.98. The van der Waals surface area contributed by atoms with E-state index >= 15 is 0 Å². The zero-order valence-corrected chi connectivity index (χ0v) is 19.1. The van der Waals surface area contributed by atoms with E-state index in [1.807, 2.05) is 19.1 Å². The van der Waals surface area contributed by atoms with Gasteiger partial charge in [0.25, 0.3) is 5.91 Å². The Balaban J connectivity index is 1.60. The molecule has 10 nitrogen and oxygen atoms in total. The number of methoxy groups -OCH3 is 2. The number of thioether (sulfide) groups is 1. The first-order valence-electron chi connectivity index (χ1n) is 10.0. The Morgan fingerprint density at radius 2 is 2.03 bits per heavy atom. The highest BCUT2D eigenvalue weighted by Gasteiger charge is 2.24. The SMILES string of the molecule is COc1cccc(C(OC)C(=O)N=C(N)SC(N)=NC2CCN(c3ccc(C)nn3)C2)c1. The fraction of sp³-hybridized carbons (Fsp3) is 0.381. The Hall–Kier alpha value is -3.18. The zero-order chi connectivity index (χ0) is 23.1. The Morgan fingerprint density at radius 3 is 2.72 bits per heavy atom. The lowest BCUT2D eigenvalue weighted by atomic mass is 10.1. The molecule has 2 aromatic rings. The second-order valence-electron chi connectivity index (χ2n) is 7.17. The molecule has 0 bridgehead atoms. The number of rotatable bonds is 6. The van der Waals surface area contributed by atoms with Gasteiger partial charge in [-0.25, -0.2) is 0 Å². The maximum absolute atomic E-state index is 12.6. The van der Waals surface area contributed by atoms with Crippen LogP contribution in [0.15, 0.2) is 46.4 Å². The van der Waals surface area contributed by atoms with Gasteiger partial charge in [-0.15, -0.1) is 5.10 Å². The van der Waals surface area contributed by atoms with Crippen LogP contribution in [0.5, 0.6) is 5.75 Å². The largest absolute Gasteiger partial charge is 0.497 e. The van der Waals surface area contributed by atoms with Crippen molar-refractivity contribution in [2.75, 3.05) is 32.2 Å². The van der Waals surface area contributed by atoms with Gasteiger partial charge in [0.05, 0.1) is 18.8 Å². The first kappa shape index (κ1) is 23.5. The first-order valence-corrected chi connectivity index (χ1v) is 10.8. The molecule has 1 aromatic carbocycles. The monoisotopic (exact) mass is 457 g/mol. The van der Waals surface area contributed by atoms with E-state index in [9.17, 15) is 4.79 Å². The van der Waals surface area contributed by atoms with E-state index in [-0.39, 0.29) is 16.4 Å². The van der Waals surface area contributed by atoms with Crippen LogP contribution in [0.3, 0.4) is 0 Å². The number of carbonyl (C=O) groups is 1. The minimum atomic E-state index is -0.901. The molecule has 1 amide bonds. The van der Waals surface area contributed by atoms with Crippen molar-refractivity contribution in [2.45, 2.75) is 25.5 Å². The van der Waals surface area contributed by atoms with Crippen LogP contribution >= 0.6 is 11.8 Å². The standard InChI is InChI=1S/C21H27N7O3S/c1-13-7-8-17(27-26-13)28-10-9-15(12-28)24-20(22)32-21(23)25-19(29)18(31-3)14-5-4-6-16(11-14)30-2/h4-8,11,15,18H,9-10,12H2,1-3H3,(H2,22,24)(H2,23,25,29). The predicted octanol–water partition coefficient (Wildman–Crippen LogP) is 1.65. The van der Waals surface area contributed by atoms with E-state index in [0.717, 1.165) is 36.2 Å². The van der Waals surface area contributed by atoms with Crippen molar-refractivity contribution in [1.29, 1.82) is 0 Å². The highest BCUT2D eigenvalue weighted by Crippen LogP contribution is 2.23. The summed E-state index contributed by atoms with van der Waals surface area (Å²) in [6, 6.07) is 10.9. The molecule has 11 heteroatoms. The van der Waals surface area contributed by atoms with Crippen molar-refractivity contribution < 1.29 is 14.3 Å². The third kappa shape index (κ3) is 6.17. The molecule has 4 N–H and O–H groups in total. The van der Waals surface area contributed by atoms with Gasteiger partial charge >= 0.3 is 0 Å². The van der Waals surface area contributed by atoms with Crippen molar-refractivity contribution >= 4 is 33.8 Å². The van der Waals surface area contributed by atoms with Crippen LogP contribution in [0, 0.1) is 6.92 Å². The summed E-state index contributed by atoms with van der Waals surface area (Å²) in [4.78, 5) is 23.1. The molecule has 3 rings (SSSR count). The second kappa shape index (κ2) is 10.9. The smallest absolute Gasteiger partial charge is 0.281 e. The summed E-state index contributed by atoms with van der Waals surface area (Å²) >= 11 is 0.952. The number of nitrogens with zero attached hydrogens (tertiary/aromatic N) is 5. The lowest BCUT2D eigenvalue weighted by Gasteiger charge is -2.15. The van der Waals surface area contributed by atoms with E-state index in [2.05, 4.69) is 25.1 Å². The first-order chi connectivity index (χ1) is 15.4. The van der Waals surface area contributed by atoms with Crippen molar-refractivity contribution in [3.63, 3.8) is 0 Å². The third-order valence-corrected chi connectivity index (χ3v) is 5.48. The molecule has 1 saturated heterocycles. The number of hydrogen-bond acceptors (Lipinski definition) is 8. The number of nitrogens with two attached hydrogens (primary N) is 2. The summed E-state index contributed by atoms with van der Waals surface area (Å²) in [5.74, 6) is 0.889. The highest BCUT2D eigenvalue weighted by atomic mass is 32.2. The Labute approximate surface area is 191 Å². The van der Waals surface area contributed by atoms with Crippen molar-refractivity contribution in [3.8, 4) is 5.75 Å². The number of benzene rings is 1. The van der Waals surface area contributed by atoms with E-state index in [4.69, 9.17) is 20.9 Å². The van der Waals surface area contributed by atoms with Crippen LogP contribution in [-0.4, -0.2) is 59.8 Å². The quantitative estimate of drug-likeness (QED) is 0.489. The molecule has 1 aliphatic heterocycles. The van der Waals surface area contributed by atoms with Crippen molar-refractivity contribution in [3.05, 3.63) is 47.7 Å². The molecule has 0 saturated carbocycles. The molecular formula is C21H27N7O3S. The number of aliphatic imine (C=N–C) groups is 2. The molecule has 0 spiro atoms. The molecule has 2 atom stereocenters. The number of anilines is 1. The number of amidine groups is 2. The third-order valence-electron chi connectivity index (χ3n) is 4.87. The van der Waals surface area contributed by atoms with Gasteiger partial charge in [-0.2, -0.15) is 10.1 Å². The van der Waals surface area contributed by atoms with Gasteiger partial charge < -0.3 is 25.8 Å². The molecule has 170 valence electrons. The molecule has 1 aliphatic rings. The van der Waals surface area contributed by atoms with Crippen LogP contribution in [0.25, 0.3) is 0 Å². The summed E-state index contributed by atoms with van der Waals surface area (Å²) in [6.45, 7) is 3.38. The van der Waals surface area contributed by atoms with E-state index < -0.39 is 12.0 Å². The molecular weight excluding hydrogens is 430 g/mol. The average Bonchev–Trinajstić information content (AvgIpc) is 3.23. The van der Waals surface area contributed by atoms with Gasteiger partial charge in [-0.3, -0.25) is 9.79 Å². The van der Waals surface area contributed by atoms with Crippen molar-refractivity contribution in [2.24, 2.45) is 21.5 Å². The lowest BCUT2D eigenvalue weighted by molar-refractivity contribution is -0.127. The average molecular weight is 458 g/mol. The minimum absolute atomic E-state index is 0.000417. The molecule has 32 heavy (non-hydrogen) atoms. The molecule has 0 aliphatic carbocycles. The van der Waals surface area contributed by atoms with E-state index in [0.29, 0.717) is 17.9 Å². The van der Waals surface area contributed by atoms with Gasteiger partial charge in [0.1, 0.15) is 5.75 Å². The normalized spacial score (nSPS) is 18.0. The van der Waals surface area contributed by atoms with Gasteiger partial charge in [-0.1, -0.05) is 12.1 Å². The van der Waals surface area contributed by atoms with Crippen LogP contribution in [0.4, 0.5) is 5.82 Å². The fourth-order valence-corrected chi connectivity index (χ4v) is 3.86. The van der Waals surface area contributed by atoms with E-state index in [1.165, 1.54) is 7.11 Å². The number of aromatic nitrogens is 2. The molecule has 1 aromatic heterocycles. The Kier molecular flexibility index (Phi) is 8.01. The van der Waals surface area contributed by atoms with Crippen molar-refractivity contribution in [1.82, 2.24) is 10.2 Å². The highest BCUT2D eigenvalue weighted by molar-refractivity contribution is 8.26. The minimum Gasteiger partial charge on any atom is -0.497 e. The van der Waals surface area contributed by atoms with Gasteiger partial charge in [0.15, 0.2) is 22.3 Å². The second-order valence-corrected chi connectivity index (χ2v) is 8.21. The molecule has 1 fully saturated rings. The van der Waals surface area contributed by atoms with Crippen LogP contribution in [0.2, 0.25) is 0 Å². The lowest BCUT2D eigenvalue weighted by Crippen LogP contribution is -2.24. The summed E-state index contributed by atoms with van der Waals surface area (Å²) in [5, 5.41) is 8.55. The summed E-state index contributed by atoms with van der Waals surface area (Å²) in [6.07, 6.45) is -0.0737. The van der Waals surface area contributed by atoms with Gasteiger partial charge in [-0.05, 0) is 54.9 Å². The maximum Gasteiger partial charge on any atom is 0.281 e. The number of ether oxygens (including phenoxy) is 2. The topological polar surface area (TPSA) is 141 Å². The predicted molar refractivity (Wildman–Crippen MR) is 126 cm³/mol. The van der Waals surface area contributed by atoms with Gasteiger partial charge in [0, 0.05) is 20.2 Å². The summed E-state index contributed by atoms with van der Waals surface area (Å²) in [5.41, 5.74) is 13.5. The van der Waals surface area contributed by atoms with Crippen LogP contribution in [-0.2, 0) is 9.53 Å². The van der Waals surface area contributed by atoms with Crippen LogP contribution in [0.1, 0.15) is 23.8 Å². The maximum atomic E-state index is 12.6. The molecule has 2 unspecified atom stereocenters. The summed E-state index contributed by atoms with van der Waals surface area (Å²) < 4.78 is 10.5. The zero-order valence-electron chi connectivity index (χ0n) is 18.3. The Morgan fingerprint density at radius 1 is 1.22 bits per heavy atom. The number of carbonyl (C=O) groups excluding carboxylic acids is 1. The van der Waals surface area contributed by atoms with E-state index in [1.54, 1.807) is 31.4 Å². The number of amides is 1. The van der Waals surface area contributed by atoms with Gasteiger partial charge in [0.2, 0.25) is 0 Å². The molecule has 2 heterocycles. The number of hydrogen-bond donors (Lipinski definition) is 2. The fourth-order valence-electron chi connectivity index (χ4n) is 3.30.